The predicted octanol–water partition coefficient (Wildman–Crippen LogP) is 2.93. The number of aliphatic imine (C=N–C) groups is 1. The van der Waals surface area contributed by atoms with Crippen LogP contribution in [0.25, 0.3) is 0 Å². The van der Waals surface area contributed by atoms with Gasteiger partial charge in [-0.05, 0) is 77.0 Å². The highest BCUT2D eigenvalue weighted by atomic mass is 15.2. The number of piperidine rings is 1. The number of nitrogens with zero attached hydrogens (tertiary/aromatic N) is 3. The van der Waals surface area contributed by atoms with Crippen LogP contribution in [-0.4, -0.2) is 62.6 Å². The van der Waals surface area contributed by atoms with Crippen molar-refractivity contribution in [3.05, 3.63) is 35.4 Å². The van der Waals surface area contributed by atoms with Crippen LogP contribution in [0, 0.1) is 5.92 Å². The highest BCUT2D eigenvalue weighted by molar-refractivity contribution is 5.79. The first-order valence-electron chi connectivity index (χ1n) is 10.5. The molecule has 5 nitrogen and oxygen atoms in total. The minimum absolute atomic E-state index is 0.709. The van der Waals surface area contributed by atoms with Crippen molar-refractivity contribution in [3.8, 4) is 0 Å². The van der Waals surface area contributed by atoms with Crippen molar-refractivity contribution >= 4 is 5.96 Å². The van der Waals surface area contributed by atoms with Gasteiger partial charge in [0.2, 0.25) is 0 Å². The van der Waals surface area contributed by atoms with E-state index >= 15 is 0 Å². The molecule has 0 atom stereocenters. The average molecular weight is 374 g/mol. The lowest BCUT2D eigenvalue weighted by Crippen LogP contribution is -2.39. The van der Waals surface area contributed by atoms with E-state index in [1.807, 2.05) is 0 Å². The Morgan fingerprint density at radius 3 is 2.63 bits per heavy atom. The molecule has 0 aromatic heterocycles. The molecular weight excluding hydrogens is 334 g/mol. The van der Waals surface area contributed by atoms with Gasteiger partial charge in [0.25, 0.3) is 0 Å². The van der Waals surface area contributed by atoms with Crippen molar-refractivity contribution in [2.45, 2.75) is 46.2 Å². The monoisotopic (exact) mass is 373 g/mol. The van der Waals surface area contributed by atoms with Crippen LogP contribution in [0.2, 0.25) is 0 Å². The quantitative estimate of drug-likeness (QED) is 0.397. The maximum Gasteiger partial charge on any atom is 0.191 e. The molecule has 1 aliphatic heterocycles. The van der Waals surface area contributed by atoms with E-state index in [2.05, 4.69) is 72.6 Å². The molecule has 0 amide bonds. The van der Waals surface area contributed by atoms with Crippen molar-refractivity contribution in [2.75, 3.05) is 46.8 Å². The fourth-order valence-electron chi connectivity index (χ4n) is 3.50. The van der Waals surface area contributed by atoms with Gasteiger partial charge in [0.1, 0.15) is 0 Å². The Morgan fingerprint density at radius 2 is 1.93 bits per heavy atom. The fourth-order valence-corrected chi connectivity index (χ4v) is 3.50. The minimum atomic E-state index is 0.709. The maximum absolute atomic E-state index is 4.77. The summed E-state index contributed by atoms with van der Waals surface area (Å²) in [5, 5.41) is 6.85. The van der Waals surface area contributed by atoms with Crippen LogP contribution in [0.4, 0.5) is 0 Å². The summed E-state index contributed by atoms with van der Waals surface area (Å²) in [6.45, 7) is 11.7. The molecule has 0 aliphatic carbocycles. The van der Waals surface area contributed by atoms with E-state index in [1.165, 1.54) is 43.6 Å². The lowest BCUT2D eigenvalue weighted by molar-refractivity contribution is 0.191. The molecule has 0 unspecified atom stereocenters. The summed E-state index contributed by atoms with van der Waals surface area (Å²) in [7, 11) is 4.20. The second kappa shape index (κ2) is 12.0. The number of hydrogen-bond donors (Lipinski definition) is 2. The van der Waals surface area contributed by atoms with Crippen molar-refractivity contribution in [1.29, 1.82) is 0 Å². The molecule has 2 N–H and O–H groups in total. The van der Waals surface area contributed by atoms with Gasteiger partial charge in [-0.3, -0.25) is 0 Å². The highest BCUT2D eigenvalue weighted by Crippen LogP contribution is 2.15. The molecule has 152 valence electrons. The van der Waals surface area contributed by atoms with Crippen LogP contribution < -0.4 is 10.6 Å². The van der Waals surface area contributed by atoms with Crippen LogP contribution in [0.5, 0.6) is 0 Å². The number of benzene rings is 1. The van der Waals surface area contributed by atoms with Crippen LogP contribution in [0.3, 0.4) is 0 Å². The number of nitrogens with one attached hydrogen (secondary N) is 2. The third kappa shape index (κ3) is 8.76. The smallest absolute Gasteiger partial charge is 0.191 e. The summed E-state index contributed by atoms with van der Waals surface area (Å²) in [6, 6.07) is 8.72. The van der Waals surface area contributed by atoms with Gasteiger partial charge in [0.15, 0.2) is 5.96 Å². The van der Waals surface area contributed by atoms with Gasteiger partial charge in [-0.15, -0.1) is 0 Å². The van der Waals surface area contributed by atoms with Gasteiger partial charge >= 0.3 is 0 Å². The van der Waals surface area contributed by atoms with E-state index < -0.39 is 0 Å². The number of rotatable bonds is 9. The normalized spacial score (nSPS) is 16.7. The molecule has 1 fully saturated rings. The lowest BCUT2D eigenvalue weighted by Gasteiger charge is -2.30. The van der Waals surface area contributed by atoms with E-state index in [9.17, 15) is 0 Å². The molecule has 1 aromatic carbocycles. The molecule has 1 aliphatic rings. The minimum Gasteiger partial charge on any atom is -0.357 e. The summed E-state index contributed by atoms with van der Waals surface area (Å²) in [5.74, 6) is 1.82. The molecule has 0 spiro atoms. The van der Waals surface area contributed by atoms with E-state index in [-0.39, 0.29) is 0 Å². The Kier molecular flexibility index (Phi) is 9.64. The van der Waals surface area contributed by atoms with Crippen molar-refractivity contribution in [3.63, 3.8) is 0 Å². The maximum atomic E-state index is 4.77. The van der Waals surface area contributed by atoms with Crippen LogP contribution in [0.15, 0.2) is 29.3 Å². The summed E-state index contributed by atoms with van der Waals surface area (Å²) in [5.41, 5.74) is 2.59. The number of likely N-dealkylation sites (tertiary alicyclic amines) is 1. The molecule has 5 heteroatoms. The highest BCUT2D eigenvalue weighted by Gasteiger charge is 2.14. The van der Waals surface area contributed by atoms with Gasteiger partial charge in [-0.2, -0.15) is 0 Å². The molecule has 1 aromatic rings. The molecule has 1 heterocycles. The van der Waals surface area contributed by atoms with Gasteiger partial charge in [-0.25, -0.2) is 4.99 Å². The molecular formula is C22H39N5. The fraction of sp³-hybridized carbons (Fsp3) is 0.682. The molecule has 27 heavy (non-hydrogen) atoms. The average Bonchev–Trinajstić information content (AvgIpc) is 2.64. The van der Waals surface area contributed by atoms with Crippen molar-refractivity contribution in [2.24, 2.45) is 10.9 Å². The Hall–Kier alpha value is -1.59. The number of hydrogen-bond acceptors (Lipinski definition) is 3. The van der Waals surface area contributed by atoms with Gasteiger partial charge in [-0.1, -0.05) is 31.2 Å². The largest absolute Gasteiger partial charge is 0.357 e. The molecule has 0 saturated carbocycles. The zero-order valence-corrected chi connectivity index (χ0v) is 17.8. The summed E-state index contributed by atoms with van der Waals surface area (Å²) < 4.78 is 0. The Bertz CT molecular complexity index is 562. The first-order valence-corrected chi connectivity index (χ1v) is 10.5. The van der Waals surface area contributed by atoms with Crippen LogP contribution >= 0.6 is 0 Å². The number of guanidine groups is 1. The lowest BCUT2D eigenvalue weighted by atomic mass is 9.99. The SMILES string of the molecule is CCNC(=NCc1cccc(CN(C)C)c1)NCCCN1CCC(C)CC1. The zero-order valence-electron chi connectivity index (χ0n) is 17.8. The van der Waals surface area contributed by atoms with E-state index in [4.69, 9.17) is 4.99 Å². The molecule has 0 bridgehead atoms. The van der Waals surface area contributed by atoms with E-state index in [0.29, 0.717) is 6.54 Å². The Morgan fingerprint density at radius 1 is 1.19 bits per heavy atom. The summed E-state index contributed by atoms with van der Waals surface area (Å²) in [6.07, 6.45) is 3.87. The standard InChI is InChI=1S/C22H39N5/c1-5-23-22(24-12-7-13-27-14-10-19(2)11-15-27)25-17-20-8-6-9-21(16-20)18-26(3)4/h6,8-9,16,19H,5,7,10-15,17-18H2,1-4H3,(H2,23,24,25). The first kappa shape index (κ1) is 21.7. The van der Waals surface area contributed by atoms with Crippen LogP contribution in [-0.2, 0) is 13.1 Å². The first-order chi connectivity index (χ1) is 13.1. The summed E-state index contributed by atoms with van der Waals surface area (Å²) >= 11 is 0. The van der Waals surface area contributed by atoms with Gasteiger partial charge < -0.3 is 20.4 Å². The molecule has 1 saturated heterocycles. The molecule has 0 radical (unpaired) electrons. The predicted molar refractivity (Wildman–Crippen MR) is 116 cm³/mol. The van der Waals surface area contributed by atoms with Gasteiger partial charge in [0, 0.05) is 19.6 Å². The summed E-state index contributed by atoms with van der Waals surface area (Å²) in [4.78, 5) is 9.56. The third-order valence-electron chi connectivity index (χ3n) is 5.07. The van der Waals surface area contributed by atoms with Crippen LogP contribution in [0.1, 0.15) is 44.2 Å². The van der Waals surface area contributed by atoms with Crippen molar-refractivity contribution < 1.29 is 0 Å². The second-order valence-corrected chi connectivity index (χ2v) is 8.06. The van der Waals surface area contributed by atoms with E-state index in [0.717, 1.165) is 37.9 Å². The molecule has 2 rings (SSSR count). The second-order valence-electron chi connectivity index (χ2n) is 8.06. The zero-order chi connectivity index (χ0) is 19.5. The third-order valence-corrected chi connectivity index (χ3v) is 5.07. The topological polar surface area (TPSA) is 42.9 Å². The Balaban J connectivity index is 1.76. The van der Waals surface area contributed by atoms with Gasteiger partial charge in [0.05, 0.1) is 6.54 Å². The van der Waals surface area contributed by atoms with Crippen molar-refractivity contribution in [1.82, 2.24) is 20.4 Å². The van der Waals surface area contributed by atoms with E-state index in [1.54, 1.807) is 0 Å². The Labute approximate surface area is 166 Å².